The van der Waals surface area contributed by atoms with Crippen LogP contribution in [-0.2, 0) is 22.4 Å². The van der Waals surface area contributed by atoms with Gasteiger partial charge in [-0.3, -0.25) is 0 Å². The van der Waals surface area contributed by atoms with E-state index in [0.29, 0.717) is 17.5 Å². The lowest BCUT2D eigenvalue weighted by atomic mass is 10.1. The van der Waals surface area contributed by atoms with Gasteiger partial charge in [0.25, 0.3) is 0 Å². The zero-order valence-electron chi connectivity index (χ0n) is 15.2. The van der Waals surface area contributed by atoms with Gasteiger partial charge in [0.05, 0.1) is 7.11 Å². The number of ether oxygens (including phenoxy) is 3. The number of hydrogen-bond donors (Lipinski definition) is 1. The van der Waals surface area contributed by atoms with Crippen molar-refractivity contribution in [3.8, 4) is 11.5 Å². The molecule has 26 heavy (non-hydrogen) atoms. The van der Waals surface area contributed by atoms with E-state index in [1.807, 2.05) is 24.3 Å². The molecule has 0 spiro atoms. The second kappa shape index (κ2) is 8.72. The third-order valence-electron chi connectivity index (χ3n) is 4.42. The van der Waals surface area contributed by atoms with Crippen LogP contribution in [0.2, 0.25) is 0 Å². The van der Waals surface area contributed by atoms with Crippen molar-refractivity contribution in [1.82, 2.24) is 5.32 Å². The smallest absolute Gasteiger partial charge is 0.350 e. The lowest BCUT2D eigenvalue weighted by Gasteiger charge is -2.25. The SMILES string of the molecule is COC(=O)C1COc2cc(CC(C)NCCc3ccccc3)ccc2O1. The van der Waals surface area contributed by atoms with E-state index in [9.17, 15) is 4.79 Å². The van der Waals surface area contributed by atoms with Crippen molar-refractivity contribution in [3.05, 3.63) is 59.7 Å². The number of carbonyl (C=O) groups is 1. The van der Waals surface area contributed by atoms with Crippen molar-refractivity contribution in [3.63, 3.8) is 0 Å². The molecule has 138 valence electrons. The van der Waals surface area contributed by atoms with E-state index in [0.717, 1.165) is 19.4 Å². The van der Waals surface area contributed by atoms with E-state index in [4.69, 9.17) is 14.2 Å². The maximum Gasteiger partial charge on any atom is 0.350 e. The predicted molar refractivity (Wildman–Crippen MR) is 99.7 cm³/mol. The van der Waals surface area contributed by atoms with E-state index in [-0.39, 0.29) is 6.61 Å². The van der Waals surface area contributed by atoms with Gasteiger partial charge in [-0.1, -0.05) is 36.4 Å². The predicted octanol–water partition coefficient (Wildman–Crippen LogP) is 2.76. The Morgan fingerprint density at radius 3 is 2.77 bits per heavy atom. The third kappa shape index (κ3) is 4.76. The van der Waals surface area contributed by atoms with E-state index < -0.39 is 12.1 Å². The van der Waals surface area contributed by atoms with Crippen LogP contribution in [0.15, 0.2) is 48.5 Å². The fourth-order valence-electron chi connectivity index (χ4n) is 3.02. The van der Waals surface area contributed by atoms with Gasteiger partial charge in [0.2, 0.25) is 6.10 Å². The van der Waals surface area contributed by atoms with Gasteiger partial charge < -0.3 is 19.5 Å². The van der Waals surface area contributed by atoms with Crippen molar-refractivity contribution in [2.45, 2.75) is 31.9 Å². The van der Waals surface area contributed by atoms with Crippen LogP contribution >= 0.6 is 0 Å². The monoisotopic (exact) mass is 355 g/mol. The lowest BCUT2D eigenvalue weighted by molar-refractivity contribution is -0.151. The van der Waals surface area contributed by atoms with Crippen LogP contribution in [0.1, 0.15) is 18.1 Å². The summed E-state index contributed by atoms with van der Waals surface area (Å²) in [5.41, 5.74) is 2.51. The van der Waals surface area contributed by atoms with E-state index in [1.54, 1.807) is 0 Å². The zero-order chi connectivity index (χ0) is 18.4. The largest absolute Gasteiger partial charge is 0.485 e. The molecule has 3 rings (SSSR count). The van der Waals surface area contributed by atoms with Crippen LogP contribution in [-0.4, -0.2) is 38.4 Å². The van der Waals surface area contributed by atoms with Crippen molar-refractivity contribution >= 4 is 5.97 Å². The molecule has 5 heteroatoms. The van der Waals surface area contributed by atoms with Crippen LogP contribution < -0.4 is 14.8 Å². The molecular formula is C21H25NO4. The van der Waals surface area contributed by atoms with Crippen molar-refractivity contribution in [2.24, 2.45) is 0 Å². The molecule has 0 aromatic heterocycles. The average molecular weight is 355 g/mol. The fraction of sp³-hybridized carbons (Fsp3) is 0.381. The zero-order valence-corrected chi connectivity index (χ0v) is 15.2. The minimum Gasteiger partial charge on any atom is -0.485 e. The van der Waals surface area contributed by atoms with Crippen LogP contribution in [0.4, 0.5) is 0 Å². The second-order valence-electron chi connectivity index (χ2n) is 6.52. The maximum atomic E-state index is 11.6. The highest BCUT2D eigenvalue weighted by Crippen LogP contribution is 2.33. The Labute approximate surface area is 154 Å². The molecule has 5 nitrogen and oxygen atoms in total. The molecule has 2 unspecified atom stereocenters. The summed E-state index contributed by atoms with van der Waals surface area (Å²) in [5, 5.41) is 3.56. The summed E-state index contributed by atoms with van der Waals surface area (Å²) in [6, 6.07) is 16.7. The first-order chi connectivity index (χ1) is 12.7. The molecule has 1 N–H and O–H groups in total. The van der Waals surface area contributed by atoms with Crippen molar-refractivity contribution in [2.75, 3.05) is 20.3 Å². The van der Waals surface area contributed by atoms with Gasteiger partial charge in [-0.25, -0.2) is 4.79 Å². The number of esters is 1. The molecule has 2 aromatic rings. The standard InChI is InChI=1S/C21H25NO4/c1-15(22-11-10-16-6-4-3-5-7-16)12-17-8-9-18-19(13-17)25-14-20(26-18)21(23)24-2/h3-9,13,15,20,22H,10-12,14H2,1-2H3. The Morgan fingerprint density at radius 2 is 2.00 bits per heavy atom. The molecule has 0 aliphatic carbocycles. The minimum atomic E-state index is -0.697. The maximum absolute atomic E-state index is 11.6. The topological polar surface area (TPSA) is 56.8 Å². The molecule has 0 radical (unpaired) electrons. The second-order valence-corrected chi connectivity index (χ2v) is 6.52. The number of rotatable bonds is 7. The minimum absolute atomic E-state index is 0.175. The molecule has 0 saturated carbocycles. The van der Waals surface area contributed by atoms with Gasteiger partial charge in [0.15, 0.2) is 11.5 Å². The summed E-state index contributed by atoms with van der Waals surface area (Å²) in [4.78, 5) is 11.6. The van der Waals surface area contributed by atoms with Gasteiger partial charge in [0.1, 0.15) is 6.61 Å². The van der Waals surface area contributed by atoms with Gasteiger partial charge in [-0.05, 0) is 49.6 Å². The van der Waals surface area contributed by atoms with Crippen molar-refractivity contribution < 1.29 is 19.0 Å². The lowest BCUT2D eigenvalue weighted by Crippen LogP contribution is -2.37. The quantitative estimate of drug-likeness (QED) is 0.774. The van der Waals surface area contributed by atoms with Gasteiger partial charge >= 0.3 is 5.97 Å². The fourth-order valence-corrected chi connectivity index (χ4v) is 3.02. The van der Waals surface area contributed by atoms with E-state index in [1.165, 1.54) is 18.2 Å². The Morgan fingerprint density at radius 1 is 1.19 bits per heavy atom. The van der Waals surface area contributed by atoms with Crippen LogP contribution in [0.25, 0.3) is 0 Å². The highest BCUT2D eigenvalue weighted by molar-refractivity contribution is 5.75. The first kappa shape index (κ1) is 18.3. The number of fused-ring (bicyclic) bond motifs is 1. The molecule has 0 bridgehead atoms. The molecule has 1 aliphatic rings. The van der Waals surface area contributed by atoms with Crippen molar-refractivity contribution in [1.29, 1.82) is 0 Å². The number of benzene rings is 2. The average Bonchev–Trinajstić information content (AvgIpc) is 2.67. The normalized spacial score (nSPS) is 16.8. The molecule has 1 heterocycles. The summed E-state index contributed by atoms with van der Waals surface area (Å²) in [7, 11) is 1.34. The first-order valence-electron chi connectivity index (χ1n) is 8.93. The number of methoxy groups -OCH3 is 1. The molecular weight excluding hydrogens is 330 g/mol. The Hall–Kier alpha value is -2.53. The number of hydrogen-bond acceptors (Lipinski definition) is 5. The molecule has 2 atom stereocenters. The van der Waals surface area contributed by atoms with E-state index in [2.05, 4.69) is 36.5 Å². The van der Waals surface area contributed by atoms with Crippen LogP contribution in [0.3, 0.4) is 0 Å². The molecule has 0 fully saturated rings. The summed E-state index contributed by atoms with van der Waals surface area (Å²) < 4.78 is 16.0. The Kier molecular flexibility index (Phi) is 6.12. The summed E-state index contributed by atoms with van der Waals surface area (Å²) in [5.74, 6) is 0.843. The third-order valence-corrected chi connectivity index (χ3v) is 4.42. The van der Waals surface area contributed by atoms with Gasteiger partial charge in [-0.2, -0.15) is 0 Å². The summed E-state index contributed by atoms with van der Waals surface area (Å²) in [6.07, 6.45) is 1.21. The van der Waals surface area contributed by atoms with Gasteiger partial charge in [-0.15, -0.1) is 0 Å². The summed E-state index contributed by atoms with van der Waals surface area (Å²) >= 11 is 0. The van der Waals surface area contributed by atoms with Crippen LogP contribution in [0.5, 0.6) is 11.5 Å². The highest BCUT2D eigenvalue weighted by atomic mass is 16.6. The Balaban J connectivity index is 1.50. The molecule has 1 aliphatic heterocycles. The summed E-state index contributed by atoms with van der Waals surface area (Å²) in [6.45, 7) is 3.29. The molecule has 2 aromatic carbocycles. The number of carbonyl (C=O) groups excluding carboxylic acids is 1. The first-order valence-corrected chi connectivity index (χ1v) is 8.93. The number of nitrogens with one attached hydrogen (secondary N) is 1. The Bertz CT molecular complexity index is 732. The highest BCUT2D eigenvalue weighted by Gasteiger charge is 2.28. The van der Waals surface area contributed by atoms with Crippen LogP contribution in [0, 0.1) is 0 Å². The van der Waals surface area contributed by atoms with E-state index >= 15 is 0 Å². The molecule has 0 amide bonds. The molecule has 0 saturated heterocycles. The van der Waals surface area contributed by atoms with Gasteiger partial charge in [0, 0.05) is 6.04 Å².